The minimum absolute atomic E-state index is 0.0837. The van der Waals surface area contributed by atoms with E-state index in [0.717, 1.165) is 82.8 Å². The summed E-state index contributed by atoms with van der Waals surface area (Å²) < 4.78 is 62.1. The van der Waals surface area contributed by atoms with Crippen molar-refractivity contribution in [3.8, 4) is 23.0 Å². The fraction of sp³-hybridized carbons (Fsp3) is 0.536. The minimum atomic E-state index is -1.20. The third kappa shape index (κ3) is 25.0. The van der Waals surface area contributed by atoms with Crippen molar-refractivity contribution in [2.45, 2.75) is 168 Å². The summed E-state index contributed by atoms with van der Waals surface area (Å²) in [5.74, 6) is -4.90. The van der Waals surface area contributed by atoms with Gasteiger partial charge in [0.15, 0.2) is 11.6 Å². The highest BCUT2D eigenvalue weighted by Crippen LogP contribution is 2.29. The van der Waals surface area contributed by atoms with Crippen molar-refractivity contribution < 1.29 is 56.4 Å². The summed E-state index contributed by atoms with van der Waals surface area (Å²) in [6.45, 7) is 12.5. The van der Waals surface area contributed by atoms with Gasteiger partial charge in [-0.25, -0.2) is 28.0 Å². The highest BCUT2D eigenvalue weighted by atomic mass is 19.1. The van der Waals surface area contributed by atoms with Crippen LogP contribution in [-0.4, -0.2) is 50.3 Å². The van der Waals surface area contributed by atoms with Crippen molar-refractivity contribution >= 4 is 23.9 Å². The second-order valence-electron chi connectivity index (χ2n) is 17.6. The molecule has 3 aromatic carbocycles. The van der Waals surface area contributed by atoms with Gasteiger partial charge in [-0.05, 0) is 88.1 Å². The van der Waals surface area contributed by atoms with E-state index in [-0.39, 0.29) is 28.8 Å². The number of ether oxygens (including phenoxy) is 6. The van der Waals surface area contributed by atoms with Crippen molar-refractivity contribution in [2.24, 2.45) is 0 Å². The van der Waals surface area contributed by atoms with Crippen LogP contribution >= 0.6 is 0 Å². The first-order valence-corrected chi connectivity index (χ1v) is 25.0. The standard InChI is InChI=1S/C56H76F2O10/c1-43(2)53(59)65-39-27-23-19-15-11-7-5-9-13-17-21-25-37-63-47-33-29-45(30-34-47)55(61)67-49-41-50(57)52(51(58)42-49)68-56(62)46-31-35-48(36-32-46)64-38-26-22-18-14-10-6-8-12-16-20-24-28-40-66-54(60)44(3)4/h29-36,41-42H,1,3,5-28,37-40H2,2,4H3. The van der Waals surface area contributed by atoms with E-state index in [0.29, 0.717) is 49.1 Å². The largest absolute Gasteiger partial charge is 0.494 e. The highest BCUT2D eigenvalue weighted by Gasteiger charge is 2.20. The van der Waals surface area contributed by atoms with Gasteiger partial charge in [0.2, 0.25) is 5.75 Å². The SMILES string of the molecule is C=C(C)C(=O)OCCCCCCCCCCCCCCOc1ccc(C(=O)Oc2cc(F)c(OC(=O)c3ccc(OCCCCCCCCCCCCCCOC(=O)C(=C)C)cc3)c(F)c2)cc1. The van der Waals surface area contributed by atoms with Gasteiger partial charge in [-0.15, -0.1) is 0 Å². The van der Waals surface area contributed by atoms with Crippen LogP contribution in [-0.2, 0) is 19.1 Å². The second-order valence-corrected chi connectivity index (χ2v) is 17.6. The molecule has 0 fully saturated rings. The van der Waals surface area contributed by atoms with Gasteiger partial charge >= 0.3 is 23.9 Å². The molecule has 0 amide bonds. The Hall–Kier alpha value is -5.52. The first kappa shape index (κ1) is 56.8. The summed E-state index contributed by atoms with van der Waals surface area (Å²) in [5, 5.41) is 0. The Morgan fingerprint density at radius 1 is 0.397 bits per heavy atom. The lowest BCUT2D eigenvalue weighted by Crippen LogP contribution is -2.12. The van der Waals surface area contributed by atoms with Crippen LogP contribution in [0.2, 0.25) is 0 Å². The number of hydrogen-bond acceptors (Lipinski definition) is 10. The molecule has 10 nitrogen and oxygen atoms in total. The molecular formula is C56H76F2O10. The van der Waals surface area contributed by atoms with Crippen LogP contribution in [0.3, 0.4) is 0 Å². The average molecular weight is 947 g/mol. The lowest BCUT2D eigenvalue weighted by atomic mass is 10.1. The van der Waals surface area contributed by atoms with Crippen LogP contribution < -0.4 is 18.9 Å². The number of carbonyl (C=O) groups excluding carboxylic acids is 4. The quantitative estimate of drug-likeness (QED) is 0.0237. The molecule has 0 unspecified atom stereocenters. The summed E-state index contributed by atoms with van der Waals surface area (Å²) in [7, 11) is 0. The predicted octanol–water partition coefficient (Wildman–Crippen LogP) is 14.8. The fourth-order valence-electron chi connectivity index (χ4n) is 7.29. The molecule has 68 heavy (non-hydrogen) atoms. The smallest absolute Gasteiger partial charge is 0.343 e. The Kier molecular flexibility index (Phi) is 29.0. The zero-order valence-corrected chi connectivity index (χ0v) is 40.8. The zero-order valence-electron chi connectivity index (χ0n) is 40.8. The molecule has 0 saturated heterocycles. The zero-order chi connectivity index (χ0) is 49.2. The van der Waals surface area contributed by atoms with Gasteiger partial charge in [0, 0.05) is 23.3 Å². The Balaban J connectivity index is 1.21. The number of hydrogen-bond donors (Lipinski definition) is 0. The van der Waals surface area contributed by atoms with Gasteiger partial charge in [-0.2, -0.15) is 0 Å². The van der Waals surface area contributed by atoms with Gasteiger partial charge in [0.1, 0.15) is 17.2 Å². The van der Waals surface area contributed by atoms with Crippen LogP contribution in [0.15, 0.2) is 85.0 Å². The highest BCUT2D eigenvalue weighted by molar-refractivity contribution is 5.92. The van der Waals surface area contributed by atoms with Crippen molar-refractivity contribution in [3.63, 3.8) is 0 Å². The summed E-state index contributed by atoms with van der Waals surface area (Å²) in [6.07, 6.45) is 27.2. The van der Waals surface area contributed by atoms with E-state index in [9.17, 15) is 28.0 Å². The average Bonchev–Trinajstić information content (AvgIpc) is 3.32. The van der Waals surface area contributed by atoms with Crippen LogP contribution in [0.4, 0.5) is 8.78 Å². The molecule has 0 aromatic heterocycles. The van der Waals surface area contributed by atoms with Crippen molar-refractivity contribution in [1.82, 2.24) is 0 Å². The fourth-order valence-corrected chi connectivity index (χ4v) is 7.29. The molecule has 0 radical (unpaired) electrons. The first-order valence-electron chi connectivity index (χ1n) is 25.0. The molecule has 0 heterocycles. The number of carbonyl (C=O) groups is 4. The lowest BCUT2D eigenvalue weighted by molar-refractivity contribution is -0.139. The lowest BCUT2D eigenvalue weighted by Gasteiger charge is -2.11. The van der Waals surface area contributed by atoms with E-state index >= 15 is 0 Å². The third-order valence-corrected chi connectivity index (χ3v) is 11.3. The van der Waals surface area contributed by atoms with Gasteiger partial charge in [-0.3, -0.25) is 0 Å². The topological polar surface area (TPSA) is 124 Å². The first-order chi connectivity index (χ1) is 32.9. The monoisotopic (exact) mass is 947 g/mol. The Morgan fingerprint density at radius 2 is 0.676 bits per heavy atom. The maximum absolute atomic E-state index is 15.0. The van der Waals surface area contributed by atoms with Gasteiger partial charge in [0.25, 0.3) is 0 Å². The number of unbranched alkanes of at least 4 members (excludes halogenated alkanes) is 22. The predicted molar refractivity (Wildman–Crippen MR) is 263 cm³/mol. The normalized spacial score (nSPS) is 10.9. The maximum Gasteiger partial charge on any atom is 0.343 e. The summed E-state index contributed by atoms with van der Waals surface area (Å²) in [4.78, 5) is 48.2. The molecule has 0 N–H and O–H groups in total. The molecule has 374 valence electrons. The van der Waals surface area contributed by atoms with Crippen LogP contribution in [0, 0.1) is 11.6 Å². The number of esters is 4. The molecular weight excluding hydrogens is 871 g/mol. The van der Waals surface area contributed by atoms with Crippen molar-refractivity contribution in [3.05, 3.63) is 108 Å². The molecule has 0 aliphatic carbocycles. The van der Waals surface area contributed by atoms with E-state index in [2.05, 4.69) is 13.2 Å². The third-order valence-electron chi connectivity index (χ3n) is 11.3. The molecule has 3 rings (SSSR count). The Morgan fingerprint density at radius 3 is 0.985 bits per heavy atom. The number of halogens is 2. The van der Waals surface area contributed by atoms with Gasteiger partial charge in [-0.1, -0.05) is 142 Å². The van der Waals surface area contributed by atoms with E-state index in [4.69, 9.17) is 28.4 Å². The van der Waals surface area contributed by atoms with Gasteiger partial charge < -0.3 is 28.4 Å². The molecule has 0 aliphatic heterocycles. The van der Waals surface area contributed by atoms with E-state index < -0.39 is 29.3 Å². The molecule has 0 atom stereocenters. The van der Waals surface area contributed by atoms with Crippen LogP contribution in [0.5, 0.6) is 23.0 Å². The van der Waals surface area contributed by atoms with Crippen LogP contribution in [0.1, 0.15) is 189 Å². The molecule has 0 bridgehead atoms. The van der Waals surface area contributed by atoms with Crippen molar-refractivity contribution in [2.75, 3.05) is 26.4 Å². The second kappa shape index (κ2) is 34.7. The number of benzene rings is 3. The number of rotatable bonds is 38. The van der Waals surface area contributed by atoms with Crippen molar-refractivity contribution in [1.29, 1.82) is 0 Å². The van der Waals surface area contributed by atoms with E-state index in [1.165, 1.54) is 108 Å². The summed E-state index contributed by atoms with van der Waals surface area (Å²) in [6, 6.07) is 14.1. The maximum atomic E-state index is 15.0. The molecule has 12 heteroatoms. The Labute approximate surface area is 404 Å². The van der Waals surface area contributed by atoms with Gasteiger partial charge in [0.05, 0.1) is 37.6 Å². The minimum Gasteiger partial charge on any atom is -0.494 e. The molecule has 0 spiro atoms. The summed E-state index contributed by atoms with van der Waals surface area (Å²) >= 11 is 0. The van der Waals surface area contributed by atoms with E-state index in [1.807, 2.05) is 0 Å². The Bertz CT molecular complexity index is 1940. The molecule has 0 aliphatic rings. The van der Waals surface area contributed by atoms with Crippen LogP contribution in [0.25, 0.3) is 0 Å². The molecule has 0 saturated carbocycles. The summed E-state index contributed by atoms with van der Waals surface area (Å²) in [5.41, 5.74) is 1.13. The van der Waals surface area contributed by atoms with E-state index in [1.54, 1.807) is 38.1 Å². The molecule has 3 aromatic rings.